The number of hydrogen-bond donors (Lipinski definition) is 0. The molecule has 4 aliphatic rings. The van der Waals surface area contributed by atoms with Crippen LogP contribution in [0.5, 0.6) is 5.75 Å². The van der Waals surface area contributed by atoms with Crippen molar-refractivity contribution in [2.75, 3.05) is 33.9 Å². The van der Waals surface area contributed by atoms with Crippen molar-refractivity contribution in [3.8, 4) is 5.75 Å². The molecule has 3 atom stereocenters. The van der Waals surface area contributed by atoms with Crippen LogP contribution in [-0.2, 0) is 9.53 Å². The number of rotatable bonds is 4. The van der Waals surface area contributed by atoms with Gasteiger partial charge in [0.1, 0.15) is 11.4 Å². The molecule has 26 heavy (non-hydrogen) atoms. The molecule has 1 aromatic carbocycles. The summed E-state index contributed by atoms with van der Waals surface area (Å²) in [5.74, 6) is 1.94. The fourth-order valence-electron chi connectivity index (χ4n) is 5.25. The van der Waals surface area contributed by atoms with Gasteiger partial charge >= 0.3 is 0 Å². The summed E-state index contributed by atoms with van der Waals surface area (Å²) in [6, 6.07) is 9.08. The van der Waals surface area contributed by atoms with Crippen molar-refractivity contribution in [2.24, 2.45) is 5.92 Å². The molecular weight excluding hydrogens is 328 g/mol. The summed E-state index contributed by atoms with van der Waals surface area (Å²) in [7, 11) is 3.33. The Hall–Kier alpha value is -1.59. The normalized spacial score (nSPS) is 33.2. The third kappa shape index (κ3) is 2.72. The van der Waals surface area contributed by atoms with E-state index in [1.54, 1.807) is 14.2 Å². The molecule has 5 nitrogen and oxygen atoms in total. The van der Waals surface area contributed by atoms with Crippen LogP contribution in [0.15, 0.2) is 24.3 Å². The molecule has 4 heterocycles. The van der Waals surface area contributed by atoms with Gasteiger partial charge in [-0.2, -0.15) is 0 Å². The smallest absolute Gasteiger partial charge is 0.254 e. The number of nitrogens with zero attached hydrogens (tertiary/aromatic N) is 2. The molecule has 1 aromatic rings. The Balaban J connectivity index is 1.71. The number of amides is 1. The lowest BCUT2D eigenvalue weighted by Gasteiger charge is -2.51. The standard InChI is InChI=1S/C21H30N2O3/c1-21(2,26-4)20(24)23-13-17(15-6-5-7-16(12-15)25-3)19-18(23)14-8-10-22(19)11-9-14/h5-7,12,14,17-19H,8-11,13H2,1-4H3/t17-,18+,19+/m1/s1. The molecule has 0 spiro atoms. The van der Waals surface area contributed by atoms with Crippen molar-refractivity contribution in [1.82, 2.24) is 9.80 Å². The van der Waals surface area contributed by atoms with Crippen LogP contribution in [0.3, 0.4) is 0 Å². The van der Waals surface area contributed by atoms with Gasteiger partial charge in [0.15, 0.2) is 0 Å². The molecule has 2 bridgehead atoms. The number of methoxy groups -OCH3 is 2. The van der Waals surface area contributed by atoms with Crippen LogP contribution < -0.4 is 4.74 Å². The number of carbonyl (C=O) groups excluding carboxylic acids is 1. The molecule has 0 radical (unpaired) electrons. The molecule has 0 N–H and O–H groups in total. The summed E-state index contributed by atoms with van der Waals surface area (Å²) in [6.07, 6.45) is 2.40. The van der Waals surface area contributed by atoms with E-state index in [1.165, 1.54) is 18.4 Å². The minimum absolute atomic E-state index is 0.120. The largest absolute Gasteiger partial charge is 0.497 e. The summed E-state index contributed by atoms with van der Waals surface area (Å²) < 4.78 is 11.0. The summed E-state index contributed by atoms with van der Waals surface area (Å²) in [5.41, 5.74) is 0.497. The first-order valence-electron chi connectivity index (χ1n) is 9.70. The highest BCUT2D eigenvalue weighted by Gasteiger charge is 2.56. The third-order valence-electron chi connectivity index (χ3n) is 6.80. The molecule has 5 heteroatoms. The molecule has 4 saturated heterocycles. The Morgan fingerprint density at radius 3 is 2.54 bits per heavy atom. The van der Waals surface area contributed by atoms with E-state index in [4.69, 9.17) is 9.47 Å². The second-order valence-corrected chi connectivity index (χ2v) is 8.41. The maximum atomic E-state index is 13.3. The van der Waals surface area contributed by atoms with Crippen LogP contribution >= 0.6 is 0 Å². The first kappa shape index (κ1) is 17.8. The Morgan fingerprint density at radius 2 is 1.88 bits per heavy atom. The number of hydrogen-bond acceptors (Lipinski definition) is 4. The topological polar surface area (TPSA) is 42.0 Å². The minimum Gasteiger partial charge on any atom is -0.497 e. The van der Waals surface area contributed by atoms with Gasteiger partial charge in [-0.05, 0) is 63.4 Å². The number of likely N-dealkylation sites (tertiary alicyclic amines) is 1. The van der Waals surface area contributed by atoms with Gasteiger partial charge in [0.25, 0.3) is 5.91 Å². The summed E-state index contributed by atoms with van der Waals surface area (Å²) in [4.78, 5) is 18.0. The quantitative estimate of drug-likeness (QED) is 0.829. The van der Waals surface area contributed by atoms with Gasteiger partial charge in [-0.15, -0.1) is 0 Å². The third-order valence-corrected chi connectivity index (χ3v) is 6.80. The van der Waals surface area contributed by atoms with E-state index >= 15 is 0 Å². The molecule has 4 aliphatic heterocycles. The molecule has 4 fully saturated rings. The van der Waals surface area contributed by atoms with Gasteiger partial charge in [-0.3, -0.25) is 9.69 Å². The zero-order chi connectivity index (χ0) is 18.5. The fourth-order valence-corrected chi connectivity index (χ4v) is 5.25. The van der Waals surface area contributed by atoms with E-state index in [-0.39, 0.29) is 5.91 Å². The van der Waals surface area contributed by atoms with Crippen molar-refractivity contribution >= 4 is 5.91 Å². The monoisotopic (exact) mass is 358 g/mol. The van der Waals surface area contributed by atoms with Crippen molar-refractivity contribution in [3.05, 3.63) is 29.8 Å². The maximum absolute atomic E-state index is 13.3. The highest BCUT2D eigenvalue weighted by atomic mass is 16.5. The van der Waals surface area contributed by atoms with Crippen molar-refractivity contribution in [2.45, 2.75) is 50.3 Å². The lowest BCUT2D eigenvalue weighted by molar-refractivity contribution is -0.155. The number of benzene rings is 1. The van der Waals surface area contributed by atoms with Gasteiger partial charge < -0.3 is 14.4 Å². The maximum Gasteiger partial charge on any atom is 0.254 e. The Kier molecular flexibility index (Phi) is 4.48. The van der Waals surface area contributed by atoms with Gasteiger partial charge in [-0.1, -0.05) is 12.1 Å². The molecule has 0 aliphatic carbocycles. The summed E-state index contributed by atoms with van der Waals surface area (Å²) in [6.45, 7) is 6.83. The predicted octanol–water partition coefficient (Wildman–Crippen LogP) is 2.51. The molecule has 1 amide bonds. The number of piperidine rings is 3. The Morgan fingerprint density at radius 1 is 1.15 bits per heavy atom. The van der Waals surface area contributed by atoms with Crippen molar-refractivity contribution in [3.63, 3.8) is 0 Å². The first-order chi connectivity index (χ1) is 12.5. The van der Waals surface area contributed by atoms with Crippen LogP contribution in [0.2, 0.25) is 0 Å². The van der Waals surface area contributed by atoms with Crippen LogP contribution in [0, 0.1) is 5.92 Å². The first-order valence-corrected chi connectivity index (χ1v) is 9.70. The van der Waals surface area contributed by atoms with Crippen LogP contribution in [0.4, 0.5) is 0 Å². The molecular formula is C21H30N2O3. The van der Waals surface area contributed by atoms with Gasteiger partial charge in [0.2, 0.25) is 0 Å². The van der Waals surface area contributed by atoms with E-state index in [2.05, 4.69) is 28.0 Å². The van der Waals surface area contributed by atoms with E-state index < -0.39 is 5.60 Å². The lowest BCUT2D eigenvalue weighted by Crippen LogP contribution is -2.62. The predicted molar refractivity (Wildman–Crippen MR) is 100 cm³/mol. The van der Waals surface area contributed by atoms with Crippen LogP contribution in [0.25, 0.3) is 0 Å². The number of fused-ring (bicyclic) bond motifs is 2. The SMILES string of the molecule is COc1cccc([C@H]2CN(C(=O)C(C)(C)OC)[C@H]3C4CCN(CC4)[C@@H]23)c1. The van der Waals surface area contributed by atoms with E-state index in [0.717, 1.165) is 25.4 Å². The Bertz CT molecular complexity index is 682. The van der Waals surface area contributed by atoms with E-state index in [1.807, 2.05) is 19.9 Å². The molecule has 142 valence electrons. The van der Waals surface area contributed by atoms with Gasteiger partial charge in [0.05, 0.1) is 13.2 Å². The second kappa shape index (κ2) is 6.54. The highest BCUT2D eigenvalue weighted by Crippen LogP contribution is 2.47. The molecule has 0 aromatic heterocycles. The van der Waals surface area contributed by atoms with E-state index in [0.29, 0.717) is 23.9 Å². The average molecular weight is 358 g/mol. The van der Waals surface area contributed by atoms with Crippen molar-refractivity contribution < 1.29 is 14.3 Å². The second-order valence-electron chi connectivity index (χ2n) is 8.41. The lowest BCUT2D eigenvalue weighted by atomic mass is 9.75. The summed E-state index contributed by atoms with van der Waals surface area (Å²) in [5, 5.41) is 0. The highest BCUT2D eigenvalue weighted by molar-refractivity contribution is 5.85. The molecule has 0 saturated carbocycles. The zero-order valence-corrected chi connectivity index (χ0v) is 16.3. The van der Waals surface area contributed by atoms with Gasteiger partial charge in [-0.25, -0.2) is 0 Å². The minimum atomic E-state index is -0.778. The zero-order valence-electron chi connectivity index (χ0n) is 16.3. The van der Waals surface area contributed by atoms with Gasteiger partial charge in [0, 0.05) is 25.6 Å². The molecule has 5 rings (SSSR count). The number of ether oxygens (including phenoxy) is 2. The number of carbonyl (C=O) groups is 1. The summed E-state index contributed by atoms with van der Waals surface area (Å²) >= 11 is 0. The van der Waals surface area contributed by atoms with Crippen molar-refractivity contribution in [1.29, 1.82) is 0 Å². The fraction of sp³-hybridized carbons (Fsp3) is 0.667. The average Bonchev–Trinajstić information content (AvgIpc) is 3.11. The van der Waals surface area contributed by atoms with Crippen LogP contribution in [0.1, 0.15) is 38.2 Å². The molecule has 0 unspecified atom stereocenters. The van der Waals surface area contributed by atoms with Crippen LogP contribution in [-0.4, -0.2) is 67.2 Å². The Labute approximate surface area is 156 Å². The van der Waals surface area contributed by atoms with E-state index in [9.17, 15) is 4.79 Å².